The Labute approximate surface area is 99.9 Å². The minimum absolute atomic E-state index is 0.240. The molecule has 0 aromatic rings. The second kappa shape index (κ2) is 5.65. The third kappa shape index (κ3) is 2.75. The first-order valence-corrected chi connectivity index (χ1v) is 5.73. The lowest BCUT2D eigenvalue weighted by Crippen LogP contribution is -2.46. The Morgan fingerprint density at radius 3 is 2.53 bits per heavy atom. The predicted molar refractivity (Wildman–Crippen MR) is 58.1 cm³/mol. The zero-order valence-electron chi connectivity index (χ0n) is 10.3. The van der Waals surface area contributed by atoms with Crippen molar-refractivity contribution in [2.24, 2.45) is 0 Å². The van der Waals surface area contributed by atoms with Crippen LogP contribution in [-0.4, -0.2) is 41.6 Å². The van der Waals surface area contributed by atoms with Gasteiger partial charge in [0.15, 0.2) is 0 Å². The van der Waals surface area contributed by atoms with E-state index in [0.717, 1.165) is 4.90 Å². The lowest BCUT2D eigenvalue weighted by molar-refractivity contribution is -0.149. The van der Waals surface area contributed by atoms with Crippen LogP contribution in [0.3, 0.4) is 0 Å². The zero-order chi connectivity index (χ0) is 13.0. The monoisotopic (exact) mass is 243 g/mol. The van der Waals surface area contributed by atoms with Crippen LogP contribution in [-0.2, 0) is 19.1 Å². The van der Waals surface area contributed by atoms with Crippen molar-refractivity contribution in [2.75, 3.05) is 6.61 Å². The van der Waals surface area contributed by atoms with Crippen molar-refractivity contribution in [1.82, 2.24) is 4.90 Å². The van der Waals surface area contributed by atoms with Crippen LogP contribution >= 0.6 is 0 Å². The summed E-state index contributed by atoms with van der Waals surface area (Å²) in [6.45, 7) is 5.36. The number of ether oxygens (including phenoxy) is 2. The topological polar surface area (TPSA) is 72.9 Å². The lowest BCUT2D eigenvalue weighted by Gasteiger charge is -2.25. The molecule has 0 radical (unpaired) electrons. The van der Waals surface area contributed by atoms with Gasteiger partial charge in [0.2, 0.25) is 0 Å². The first kappa shape index (κ1) is 13.5. The Balaban J connectivity index is 2.86. The Morgan fingerprint density at radius 2 is 2.12 bits per heavy atom. The van der Waals surface area contributed by atoms with Gasteiger partial charge in [0, 0.05) is 0 Å². The standard InChI is InChI=1S/C11H17NO5/c1-4-6-8(10(14)16-5-2)12-7(3)9(13)17-11(12)15/h7-8H,4-6H2,1-3H3/t7-,8?/m0/s1. The molecule has 2 atom stereocenters. The number of rotatable bonds is 5. The molecule has 0 spiro atoms. The van der Waals surface area contributed by atoms with Crippen molar-refractivity contribution in [3.63, 3.8) is 0 Å². The number of cyclic esters (lactones) is 2. The van der Waals surface area contributed by atoms with Gasteiger partial charge in [-0.2, -0.15) is 0 Å². The average Bonchev–Trinajstić information content (AvgIpc) is 2.51. The number of carbonyl (C=O) groups is 3. The molecule has 1 aliphatic rings. The van der Waals surface area contributed by atoms with E-state index in [-0.39, 0.29) is 6.61 Å². The third-order valence-electron chi connectivity index (χ3n) is 2.61. The molecule has 0 saturated carbocycles. The highest BCUT2D eigenvalue weighted by atomic mass is 16.6. The minimum Gasteiger partial charge on any atom is -0.464 e. The Morgan fingerprint density at radius 1 is 1.47 bits per heavy atom. The summed E-state index contributed by atoms with van der Waals surface area (Å²) in [5.41, 5.74) is 0. The van der Waals surface area contributed by atoms with E-state index in [2.05, 4.69) is 4.74 Å². The summed E-state index contributed by atoms with van der Waals surface area (Å²) in [7, 11) is 0. The molecular formula is C11H17NO5. The third-order valence-corrected chi connectivity index (χ3v) is 2.61. The minimum atomic E-state index is -0.769. The summed E-state index contributed by atoms with van der Waals surface area (Å²) in [6, 6.07) is -1.47. The van der Waals surface area contributed by atoms with E-state index in [4.69, 9.17) is 4.74 Å². The zero-order valence-corrected chi connectivity index (χ0v) is 10.3. The molecule has 6 heteroatoms. The smallest absolute Gasteiger partial charge is 0.419 e. The quantitative estimate of drug-likeness (QED) is 0.533. The van der Waals surface area contributed by atoms with E-state index in [1.165, 1.54) is 6.92 Å². The summed E-state index contributed by atoms with van der Waals surface area (Å²) in [6.07, 6.45) is 0.383. The summed E-state index contributed by atoms with van der Waals surface area (Å²) in [5, 5.41) is 0. The fourth-order valence-electron chi connectivity index (χ4n) is 1.78. The molecule has 1 rings (SSSR count). The van der Waals surface area contributed by atoms with Crippen molar-refractivity contribution in [3.8, 4) is 0 Å². The Hall–Kier alpha value is -1.59. The van der Waals surface area contributed by atoms with E-state index >= 15 is 0 Å². The lowest BCUT2D eigenvalue weighted by atomic mass is 10.1. The largest absolute Gasteiger partial charge is 0.464 e. The maximum atomic E-state index is 11.7. The van der Waals surface area contributed by atoms with Crippen LogP contribution < -0.4 is 0 Å². The van der Waals surface area contributed by atoms with Crippen molar-refractivity contribution < 1.29 is 23.9 Å². The van der Waals surface area contributed by atoms with E-state index < -0.39 is 30.1 Å². The molecule has 17 heavy (non-hydrogen) atoms. The number of amides is 1. The fraction of sp³-hybridized carbons (Fsp3) is 0.727. The summed E-state index contributed by atoms with van der Waals surface area (Å²) in [5.74, 6) is -1.12. The molecule has 0 N–H and O–H groups in total. The van der Waals surface area contributed by atoms with Crippen LogP contribution in [0.4, 0.5) is 4.79 Å². The van der Waals surface area contributed by atoms with E-state index in [1.807, 2.05) is 6.92 Å². The average molecular weight is 243 g/mol. The first-order valence-electron chi connectivity index (χ1n) is 5.73. The van der Waals surface area contributed by atoms with E-state index in [9.17, 15) is 14.4 Å². The van der Waals surface area contributed by atoms with Crippen LogP contribution in [0.2, 0.25) is 0 Å². The molecule has 1 aliphatic heterocycles. The molecule has 1 unspecified atom stereocenters. The van der Waals surface area contributed by atoms with Gasteiger partial charge in [0.1, 0.15) is 12.1 Å². The normalized spacial score (nSPS) is 21.4. The van der Waals surface area contributed by atoms with Gasteiger partial charge in [0.25, 0.3) is 0 Å². The summed E-state index contributed by atoms with van der Waals surface area (Å²) < 4.78 is 9.38. The van der Waals surface area contributed by atoms with Crippen LogP contribution in [0, 0.1) is 0 Å². The maximum absolute atomic E-state index is 11.7. The van der Waals surface area contributed by atoms with Crippen molar-refractivity contribution >= 4 is 18.0 Å². The number of hydrogen-bond acceptors (Lipinski definition) is 5. The first-order chi connectivity index (χ1) is 8.02. The highest BCUT2D eigenvalue weighted by Crippen LogP contribution is 2.21. The summed E-state index contributed by atoms with van der Waals surface area (Å²) in [4.78, 5) is 35.6. The Bertz CT molecular complexity index is 328. The second-order valence-corrected chi connectivity index (χ2v) is 3.83. The van der Waals surface area contributed by atoms with Crippen LogP contribution in [0.15, 0.2) is 0 Å². The van der Waals surface area contributed by atoms with Gasteiger partial charge in [-0.25, -0.2) is 14.4 Å². The fourth-order valence-corrected chi connectivity index (χ4v) is 1.78. The molecule has 0 aromatic heterocycles. The molecular weight excluding hydrogens is 226 g/mol. The summed E-state index contributed by atoms with van der Waals surface area (Å²) >= 11 is 0. The molecule has 1 saturated heterocycles. The van der Waals surface area contributed by atoms with Crippen LogP contribution in [0.1, 0.15) is 33.6 Å². The van der Waals surface area contributed by atoms with Gasteiger partial charge >= 0.3 is 18.0 Å². The van der Waals surface area contributed by atoms with Crippen molar-refractivity contribution in [2.45, 2.75) is 45.7 Å². The highest BCUT2D eigenvalue weighted by molar-refractivity contribution is 5.97. The van der Waals surface area contributed by atoms with E-state index in [0.29, 0.717) is 12.8 Å². The molecule has 6 nitrogen and oxygen atoms in total. The van der Waals surface area contributed by atoms with Gasteiger partial charge in [-0.1, -0.05) is 13.3 Å². The molecule has 96 valence electrons. The maximum Gasteiger partial charge on any atom is 0.419 e. The van der Waals surface area contributed by atoms with Gasteiger partial charge in [0.05, 0.1) is 6.61 Å². The van der Waals surface area contributed by atoms with Crippen LogP contribution in [0.25, 0.3) is 0 Å². The van der Waals surface area contributed by atoms with Crippen LogP contribution in [0.5, 0.6) is 0 Å². The SMILES string of the molecule is CCCC(C(=O)OCC)N1C(=O)OC(=O)[C@@H]1C. The van der Waals surface area contributed by atoms with Crippen molar-refractivity contribution in [1.29, 1.82) is 0 Å². The molecule has 0 bridgehead atoms. The second-order valence-electron chi connectivity index (χ2n) is 3.83. The number of carbonyl (C=O) groups excluding carboxylic acids is 3. The van der Waals surface area contributed by atoms with Gasteiger partial charge in [-0.15, -0.1) is 0 Å². The molecule has 1 fully saturated rings. The number of hydrogen-bond donors (Lipinski definition) is 0. The van der Waals surface area contributed by atoms with E-state index in [1.54, 1.807) is 6.92 Å². The molecule has 0 aliphatic carbocycles. The molecule has 1 heterocycles. The van der Waals surface area contributed by atoms with Gasteiger partial charge in [-0.05, 0) is 20.3 Å². The Kier molecular flexibility index (Phi) is 4.48. The highest BCUT2D eigenvalue weighted by Gasteiger charge is 2.44. The number of nitrogens with zero attached hydrogens (tertiary/aromatic N) is 1. The molecule has 1 amide bonds. The molecule has 0 aromatic carbocycles. The number of esters is 2. The van der Waals surface area contributed by atoms with Gasteiger partial charge < -0.3 is 9.47 Å². The predicted octanol–water partition coefficient (Wildman–Crippen LogP) is 1.09. The van der Waals surface area contributed by atoms with Crippen molar-refractivity contribution in [3.05, 3.63) is 0 Å². The van der Waals surface area contributed by atoms with Gasteiger partial charge in [-0.3, -0.25) is 4.90 Å².